The molecule has 140 valence electrons. The molecule has 0 rings (SSSR count). The fourth-order valence-electron chi connectivity index (χ4n) is 0.224. The molecule has 16 heteroatoms. The van der Waals surface area contributed by atoms with Gasteiger partial charge in [0.15, 0.2) is 0 Å². The molecule has 0 aromatic carbocycles. The molecule has 0 aliphatic carbocycles. The predicted octanol–water partition coefficient (Wildman–Crippen LogP) is 1.20. The van der Waals surface area contributed by atoms with Crippen LogP contribution in [0.25, 0.3) is 0 Å². The van der Waals surface area contributed by atoms with Crippen LogP contribution in [0.15, 0.2) is 0 Å². The SMILES string of the molecule is COP(=O)(O)OC.COP(=O)(O)OC.COP(=O)(O)OC.P. The first kappa shape index (κ1) is 30.6. The van der Waals surface area contributed by atoms with Crippen LogP contribution in [-0.4, -0.2) is 57.3 Å². The second-order valence-corrected chi connectivity index (χ2v) is 7.50. The molecule has 0 saturated carbocycles. The Balaban J connectivity index is -0.000000108. The van der Waals surface area contributed by atoms with E-state index in [1.54, 1.807) is 0 Å². The molecule has 0 bridgehead atoms. The maximum Gasteiger partial charge on any atom is 0.471 e. The van der Waals surface area contributed by atoms with E-state index in [1.807, 2.05) is 0 Å². The summed E-state index contributed by atoms with van der Waals surface area (Å²) in [7, 11) is -4.35. The van der Waals surface area contributed by atoms with Crippen molar-refractivity contribution in [2.24, 2.45) is 0 Å². The van der Waals surface area contributed by atoms with E-state index in [4.69, 9.17) is 14.7 Å². The van der Waals surface area contributed by atoms with Crippen LogP contribution in [0.5, 0.6) is 0 Å². The van der Waals surface area contributed by atoms with Crippen LogP contribution < -0.4 is 0 Å². The van der Waals surface area contributed by atoms with Crippen molar-refractivity contribution < 1.29 is 55.5 Å². The molecule has 0 amide bonds. The first-order valence-corrected chi connectivity index (χ1v) is 9.18. The molecular weight excluding hydrogens is 388 g/mol. The van der Waals surface area contributed by atoms with Gasteiger partial charge in [0.05, 0.1) is 0 Å². The van der Waals surface area contributed by atoms with Crippen molar-refractivity contribution in [3.05, 3.63) is 0 Å². The van der Waals surface area contributed by atoms with Gasteiger partial charge in [-0.15, -0.1) is 0 Å². The van der Waals surface area contributed by atoms with Crippen molar-refractivity contribution in [3.8, 4) is 0 Å². The summed E-state index contributed by atoms with van der Waals surface area (Å²) in [6, 6.07) is 0. The lowest BCUT2D eigenvalue weighted by atomic mass is 11.8. The molecule has 0 aliphatic rings. The van der Waals surface area contributed by atoms with Crippen LogP contribution in [0.2, 0.25) is 0 Å². The Hall–Kier alpha value is 0.760. The first-order valence-electron chi connectivity index (χ1n) is 4.69. The zero-order valence-electron chi connectivity index (χ0n) is 13.1. The summed E-state index contributed by atoms with van der Waals surface area (Å²) >= 11 is 0. The van der Waals surface area contributed by atoms with Crippen LogP contribution in [0.1, 0.15) is 0 Å². The van der Waals surface area contributed by atoms with Crippen LogP contribution in [-0.2, 0) is 40.8 Å². The molecule has 0 spiro atoms. The molecule has 12 nitrogen and oxygen atoms in total. The number of phosphoric acid groups is 3. The highest BCUT2D eigenvalue weighted by atomic mass is 31.2. The Morgan fingerprint density at radius 2 is 0.591 bits per heavy atom. The topological polar surface area (TPSA) is 167 Å². The van der Waals surface area contributed by atoms with Gasteiger partial charge < -0.3 is 14.7 Å². The van der Waals surface area contributed by atoms with Crippen LogP contribution in [0.3, 0.4) is 0 Å². The van der Waals surface area contributed by atoms with Crippen molar-refractivity contribution in [3.63, 3.8) is 0 Å². The third kappa shape index (κ3) is 23.0. The quantitative estimate of drug-likeness (QED) is 0.534. The van der Waals surface area contributed by atoms with Gasteiger partial charge >= 0.3 is 23.5 Å². The van der Waals surface area contributed by atoms with Gasteiger partial charge in [0, 0.05) is 42.7 Å². The van der Waals surface area contributed by atoms with E-state index in [1.165, 1.54) is 0 Å². The lowest BCUT2D eigenvalue weighted by Gasteiger charge is -2.01. The van der Waals surface area contributed by atoms with Gasteiger partial charge in [-0.3, -0.25) is 27.1 Å². The van der Waals surface area contributed by atoms with Crippen LogP contribution >= 0.6 is 33.4 Å². The minimum Gasteiger partial charge on any atom is -0.303 e. The fourth-order valence-corrected chi connectivity index (χ4v) is 0.671. The Morgan fingerprint density at radius 1 is 0.500 bits per heavy atom. The smallest absolute Gasteiger partial charge is 0.303 e. The standard InChI is InChI=1S/3C2H7O4P.H3P/c3*1-5-7(3,4)6-2;/h3*1-2H3,(H,3,4);1H3. The zero-order chi connectivity index (χ0) is 17.7. The van der Waals surface area contributed by atoms with Crippen molar-refractivity contribution in [1.82, 2.24) is 0 Å². The zero-order valence-corrected chi connectivity index (χ0v) is 17.2. The lowest BCUT2D eigenvalue weighted by Crippen LogP contribution is -1.83. The summed E-state index contributed by atoms with van der Waals surface area (Å²) in [6.07, 6.45) is 0. The van der Waals surface area contributed by atoms with E-state index in [9.17, 15) is 13.7 Å². The maximum absolute atomic E-state index is 10.1. The van der Waals surface area contributed by atoms with E-state index < -0.39 is 23.5 Å². The molecule has 3 N–H and O–H groups in total. The van der Waals surface area contributed by atoms with E-state index in [-0.39, 0.29) is 9.90 Å². The Morgan fingerprint density at radius 3 is 0.591 bits per heavy atom. The summed E-state index contributed by atoms with van der Waals surface area (Å²) in [5.74, 6) is 0. The summed E-state index contributed by atoms with van der Waals surface area (Å²) in [5, 5.41) is 0. The van der Waals surface area contributed by atoms with Gasteiger partial charge in [0.1, 0.15) is 0 Å². The molecule has 0 heterocycles. The highest BCUT2D eigenvalue weighted by Gasteiger charge is 2.14. The molecular formula is C6H24O12P4. The van der Waals surface area contributed by atoms with E-state index in [0.29, 0.717) is 0 Å². The van der Waals surface area contributed by atoms with Gasteiger partial charge in [-0.2, -0.15) is 9.90 Å². The highest BCUT2D eigenvalue weighted by Crippen LogP contribution is 2.41. The minimum atomic E-state index is -3.65. The highest BCUT2D eigenvalue weighted by molar-refractivity contribution is 7.47. The minimum absolute atomic E-state index is 0. The van der Waals surface area contributed by atoms with E-state index >= 15 is 0 Å². The Bertz CT molecular complexity index is 305. The first-order chi connectivity index (χ1) is 9.36. The van der Waals surface area contributed by atoms with Gasteiger partial charge in [-0.05, 0) is 0 Å². The second kappa shape index (κ2) is 15.3. The molecule has 0 aromatic rings. The van der Waals surface area contributed by atoms with Crippen molar-refractivity contribution in [2.45, 2.75) is 0 Å². The molecule has 0 fully saturated rings. The number of hydrogen-bond acceptors (Lipinski definition) is 9. The van der Waals surface area contributed by atoms with Gasteiger partial charge in [0.2, 0.25) is 0 Å². The van der Waals surface area contributed by atoms with Gasteiger partial charge in [-0.1, -0.05) is 0 Å². The number of phosphoric ester groups is 3. The Labute approximate surface area is 132 Å². The molecule has 0 saturated heterocycles. The van der Waals surface area contributed by atoms with Crippen molar-refractivity contribution in [1.29, 1.82) is 0 Å². The summed E-state index contributed by atoms with van der Waals surface area (Å²) < 4.78 is 54.0. The van der Waals surface area contributed by atoms with E-state index in [0.717, 1.165) is 42.7 Å². The number of rotatable bonds is 6. The molecule has 0 aromatic heterocycles. The van der Waals surface area contributed by atoms with Crippen LogP contribution in [0, 0.1) is 0 Å². The monoisotopic (exact) mass is 412 g/mol. The van der Waals surface area contributed by atoms with Gasteiger partial charge in [-0.25, -0.2) is 13.7 Å². The Kier molecular flexibility index (Phi) is 21.3. The summed E-state index contributed by atoms with van der Waals surface area (Å²) in [6.45, 7) is 0. The molecule has 1 atom stereocenters. The van der Waals surface area contributed by atoms with Crippen molar-refractivity contribution >= 4 is 33.4 Å². The lowest BCUT2D eigenvalue weighted by molar-refractivity contribution is 0.203. The average molecular weight is 412 g/mol. The normalized spacial score (nSPS) is 11.3. The third-order valence-electron chi connectivity index (χ3n) is 1.38. The largest absolute Gasteiger partial charge is 0.471 e. The average Bonchev–Trinajstić information content (AvgIpc) is 2.48. The molecule has 22 heavy (non-hydrogen) atoms. The molecule has 1 unspecified atom stereocenters. The third-order valence-corrected chi connectivity index (χ3v) is 4.15. The fraction of sp³-hybridized carbons (Fsp3) is 1.00. The molecule has 0 radical (unpaired) electrons. The van der Waals surface area contributed by atoms with Crippen LogP contribution in [0.4, 0.5) is 0 Å². The summed E-state index contributed by atoms with van der Waals surface area (Å²) in [4.78, 5) is 24.7. The van der Waals surface area contributed by atoms with Gasteiger partial charge in [0.25, 0.3) is 0 Å². The summed E-state index contributed by atoms with van der Waals surface area (Å²) in [5.41, 5.74) is 0. The second-order valence-electron chi connectivity index (χ2n) is 2.50. The van der Waals surface area contributed by atoms with E-state index in [2.05, 4.69) is 27.1 Å². The molecule has 0 aliphatic heterocycles. The predicted molar refractivity (Wildman–Crippen MR) is 82.6 cm³/mol. The van der Waals surface area contributed by atoms with Crippen molar-refractivity contribution in [2.75, 3.05) is 42.7 Å². The maximum atomic E-state index is 10.1. The number of hydrogen-bond donors (Lipinski definition) is 3.